The number of likely N-dealkylation sites (tertiary alicyclic amines) is 1. The number of ether oxygens (including phenoxy) is 3. The van der Waals surface area contributed by atoms with Crippen molar-refractivity contribution in [1.29, 1.82) is 0 Å². The smallest absolute Gasteiger partial charge is 0.262 e. The molecule has 9 nitrogen and oxygen atoms in total. The topological polar surface area (TPSA) is 106 Å². The van der Waals surface area contributed by atoms with Crippen molar-refractivity contribution in [2.75, 3.05) is 39.7 Å². The molecule has 9 heteroatoms. The Morgan fingerprint density at radius 2 is 1.79 bits per heavy atom. The normalized spacial score (nSPS) is 14.2. The van der Waals surface area contributed by atoms with Gasteiger partial charge in [0.2, 0.25) is 5.91 Å². The molecule has 2 N–H and O–H groups in total. The van der Waals surface area contributed by atoms with Gasteiger partial charge in [0.05, 0.1) is 26.8 Å². The predicted octanol–water partition coefficient (Wildman–Crippen LogP) is 3.04. The van der Waals surface area contributed by atoms with Gasteiger partial charge in [-0.15, -0.1) is 0 Å². The summed E-state index contributed by atoms with van der Waals surface area (Å²) in [5.74, 6) is 2.16. The van der Waals surface area contributed by atoms with E-state index in [2.05, 4.69) is 10.3 Å². The highest BCUT2D eigenvalue weighted by Crippen LogP contribution is 2.33. The van der Waals surface area contributed by atoms with Crippen LogP contribution in [0, 0.1) is 0 Å². The molecular formula is C24H28N4O5. The number of nitrogens with one attached hydrogen (secondary N) is 2. The molecule has 0 saturated carbocycles. The molecule has 0 unspecified atom stereocenters. The fourth-order valence-electron chi connectivity index (χ4n) is 4.15. The zero-order valence-corrected chi connectivity index (χ0v) is 19.2. The van der Waals surface area contributed by atoms with Crippen LogP contribution in [0.5, 0.6) is 17.2 Å². The Bertz CT molecular complexity index is 1230. The van der Waals surface area contributed by atoms with Gasteiger partial charge < -0.3 is 29.4 Å². The number of anilines is 1. The minimum atomic E-state index is -0.300. The second kappa shape index (κ2) is 9.40. The zero-order valence-electron chi connectivity index (χ0n) is 19.2. The summed E-state index contributed by atoms with van der Waals surface area (Å²) < 4.78 is 16.1. The monoisotopic (exact) mass is 452 g/mol. The molecule has 33 heavy (non-hydrogen) atoms. The minimum absolute atomic E-state index is 0.0966. The summed E-state index contributed by atoms with van der Waals surface area (Å²) in [7, 11) is 4.67. The predicted molar refractivity (Wildman–Crippen MR) is 126 cm³/mol. The average molecular weight is 453 g/mol. The molecule has 0 bridgehead atoms. The number of carbonyl (C=O) groups is 1. The number of rotatable bonds is 6. The van der Waals surface area contributed by atoms with Crippen molar-refractivity contribution in [2.45, 2.75) is 25.8 Å². The van der Waals surface area contributed by atoms with Crippen molar-refractivity contribution >= 4 is 22.5 Å². The van der Waals surface area contributed by atoms with Crippen LogP contribution in [0.3, 0.4) is 0 Å². The van der Waals surface area contributed by atoms with Gasteiger partial charge in [0.15, 0.2) is 0 Å². The molecule has 1 aliphatic rings. The first-order valence-corrected chi connectivity index (χ1v) is 10.8. The number of nitrogens with zero attached hydrogens (tertiary/aromatic N) is 2. The lowest BCUT2D eigenvalue weighted by Crippen LogP contribution is -2.41. The second-order valence-corrected chi connectivity index (χ2v) is 7.97. The first kappa shape index (κ1) is 22.4. The number of amides is 1. The highest BCUT2D eigenvalue weighted by atomic mass is 16.5. The van der Waals surface area contributed by atoms with E-state index in [9.17, 15) is 9.59 Å². The summed E-state index contributed by atoms with van der Waals surface area (Å²) >= 11 is 0. The molecule has 174 valence electrons. The Labute approximate surface area is 191 Å². The number of H-pyrrole nitrogens is 1. The maximum Gasteiger partial charge on any atom is 0.262 e. The maximum absolute atomic E-state index is 13.0. The standard InChI is InChI=1S/C24H28N4O5/c1-14(29)28-9-7-15(8-10-28)25-19-11-16(31-2)5-6-18(19)23-26-20-12-17(32-3)13-21(33-4)22(20)24(30)27-23/h5-6,11-13,15,25H,7-10H2,1-4H3,(H,26,27,30). The first-order chi connectivity index (χ1) is 15.9. The van der Waals surface area contributed by atoms with Crippen LogP contribution in [0.1, 0.15) is 19.8 Å². The van der Waals surface area contributed by atoms with Crippen LogP contribution in [0.4, 0.5) is 5.69 Å². The molecule has 2 heterocycles. The molecular weight excluding hydrogens is 424 g/mol. The first-order valence-electron chi connectivity index (χ1n) is 10.8. The van der Waals surface area contributed by atoms with Crippen LogP contribution in [0.2, 0.25) is 0 Å². The van der Waals surface area contributed by atoms with Gasteiger partial charge in [-0.1, -0.05) is 0 Å². The van der Waals surface area contributed by atoms with E-state index in [1.807, 2.05) is 23.1 Å². The van der Waals surface area contributed by atoms with E-state index in [4.69, 9.17) is 19.2 Å². The second-order valence-electron chi connectivity index (χ2n) is 7.97. The Morgan fingerprint density at radius 3 is 2.42 bits per heavy atom. The lowest BCUT2D eigenvalue weighted by Gasteiger charge is -2.32. The molecule has 1 saturated heterocycles. The average Bonchev–Trinajstić information content (AvgIpc) is 2.83. The number of aromatic amines is 1. The summed E-state index contributed by atoms with van der Waals surface area (Å²) in [6.07, 6.45) is 1.65. The highest BCUT2D eigenvalue weighted by Gasteiger charge is 2.22. The fraction of sp³-hybridized carbons (Fsp3) is 0.375. The van der Waals surface area contributed by atoms with Crippen LogP contribution >= 0.6 is 0 Å². The van der Waals surface area contributed by atoms with E-state index in [0.717, 1.165) is 24.1 Å². The van der Waals surface area contributed by atoms with Gasteiger partial charge in [0.1, 0.15) is 28.5 Å². The van der Waals surface area contributed by atoms with Crippen LogP contribution in [0.25, 0.3) is 22.3 Å². The minimum Gasteiger partial charge on any atom is -0.497 e. The Hall–Kier alpha value is -3.75. The SMILES string of the molecule is COc1ccc(-c2nc3cc(OC)cc(OC)c3c(=O)[nH]2)c(NC2CCN(C(C)=O)CC2)c1. The maximum atomic E-state index is 13.0. The third-order valence-corrected chi connectivity index (χ3v) is 5.98. The van der Waals surface area contributed by atoms with Crippen LogP contribution in [-0.2, 0) is 4.79 Å². The molecule has 1 amide bonds. The highest BCUT2D eigenvalue weighted by molar-refractivity contribution is 5.88. The van der Waals surface area contributed by atoms with E-state index in [1.165, 1.54) is 7.11 Å². The summed E-state index contributed by atoms with van der Waals surface area (Å²) in [4.78, 5) is 34.1. The summed E-state index contributed by atoms with van der Waals surface area (Å²) in [5, 5.41) is 3.93. The Balaban J connectivity index is 1.74. The van der Waals surface area contributed by atoms with Gasteiger partial charge in [-0.2, -0.15) is 0 Å². The van der Waals surface area contributed by atoms with Gasteiger partial charge in [0, 0.05) is 55.5 Å². The number of carbonyl (C=O) groups excluding carboxylic acids is 1. The van der Waals surface area contributed by atoms with Gasteiger partial charge >= 0.3 is 0 Å². The fourth-order valence-corrected chi connectivity index (χ4v) is 4.15. The number of methoxy groups -OCH3 is 3. The van der Waals surface area contributed by atoms with Gasteiger partial charge in [-0.3, -0.25) is 9.59 Å². The molecule has 0 aliphatic carbocycles. The third-order valence-electron chi connectivity index (χ3n) is 5.98. The Kier molecular flexibility index (Phi) is 6.39. The summed E-state index contributed by atoms with van der Waals surface area (Å²) in [6, 6.07) is 9.14. The number of fused-ring (bicyclic) bond motifs is 1. The molecule has 2 aromatic carbocycles. The molecule has 1 aromatic heterocycles. The zero-order chi connectivity index (χ0) is 23.5. The van der Waals surface area contributed by atoms with Crippen LogP contribution in [0.15, 0.2) is 35.1 Å². The van der Waals surface area contributed by atoms with E-state index < -0.39 is 0 Å². The van der Waals surface area contributed by atoms with E-state index >= 15 is 0 Å². The van der Waals surface area contributed by atoms with Crippen molar-refractivity contribution in [1.82, 2.24) is 14.9 Å². The number of aromatic nitrogens is 2. The number of benzene rings is 2. The lowest BCUT2D eigenvalue weighted by molar-refractivity contribution is -0.129. The molecule has 0 spiro atoms. The van der Waals surface area contributed by atoms with Gasteiger partial charge in [-0.05, 0) is 25.0 Å². The third kappa shape index (κ3) is 4.57. The van der Waals surface area contributed by atoms with E-state index in [-0.39, 0.29) is 17.5 Å². The quantitative estimate of drug-likeness (QED) is 0.592. The van der Waals surface area contributed by atoms with Gasteiger partial charge in [0.25, 0.3) is 5.56 Å². The molecule has 0 radical (unpaired) electrons. The van der Waals surface area contributed by atoms with Crippen LogP contribution < -0.4 is 25.1 Å². The Morgan fingerprint density at radius 1 is 1.06 bits per heavy atom. The van der Waals surface area contributed by atoms with E-state index in [1.54, 1.807) is 33.3 Å². The summed E-state index contributed by atoms with van der Waals surface area (Å²) in [6.45, 7) is 3.01. The number of hydrogen-bond acceptors (Lipinski definition) is 7. The van der Waals surface area contributed by atoms with Crippen molar-refractivity contribution in [2.24, 2.45) is 0 Å². The largest absolute Gasteiger partial charge is 0.497 e. The number of piperidine rings is 1. The van der Waals surface area contributed by atoms with Crippen molar-refractivity contribution in [3.05, 3.63) is 40.7 Å². The van der Waals surface area contributed by atoms with Crippen molar-refractivity contribution < 1.29 is 19.0 Å². The lowest BCUT2D eigenvalue weighted by atomic mass is 10.0. The van der Waals surface area contributed by atoms with Crippen molar-refractivity contribution in [3.63, 3.8) is 0 Å². The van der Waals surface area contributed by atoms with E-state index in [0.29, 0.717) is 47.1 Å². The number of hydrogen-bond donors (Lipinski definition) is 2. The van der Waals surface area contributed by atoms with Crippen LogP contribution in [-0.4, -0.2) is 61.2 Å². The molecule has 0 atom stereocenters. The molecule has 1 fully saturated rings. The van der Waals surface area contributed by atoms with Crippen molar-refractivity contribution in [3.8, 4) is 28.6 Å². The molecule has 1 aliphatic heterocycles. The summed E-state index contributed by atoms with van der Waals surface area (Å²) in [5.41, 5.74) is 1.71. The molecule has 3 aromatic rings. The van der Waals surface area contributed by atoms with Gasteiger partial charge in [-0.25, -0.2) is 4.98 Å². The molecule has 4 rings (SSSR count).